The van der Waals surface area contributed by atoms with Gasteiger partial charge in [0, 0.05) is 5.56 Å². The fourth-order valence-electron chi connectivity index (χ4n) is 3.84. The molecular formula is C26H24O3. The van der Waals surface area contributed by atoms with Gasteiger partial charge in [-0.2, -0.15) is 0 Å². The van der Waals surface area contributed by atoms with Crippen LogP contribution in [-0.2, 0) is 12.8 Å². The van der Waals surface area contributed by atoms with Gasteiger partial charge >= 0.3 is 0 Å². The third-order valence-electron chi connectivity index (χ3n) is 5.34. The van der Waals surface area contributed by atoms with Crippen molar-refractivity contribution in [1.29, 1.82) is 0 Å². The number of phenolic OH excluding ortho intramolecular Hbond substituents is 1. The molecule has 1 aliphatic heterocycles. The third-order valence-corrected chi connectivity index (χ3v) is 5.34. The molecule has 0 fully saturated rings. The smallest absolute Gasteiger partial charge is 0.163 e. The molecule has 146 valence electrons. The van der Waals surface area contributed by atoms with E-state index in [2.05, 4.69) is 24.3 Å². The molecule has 0 aliphatic carbocycles. The molecule has 0 radical (unpaired) electrons. The van der Waals surface area contributed by atoms with E-state index in [-0.39, 0.29) is 17.6 Å². The SMILES string of the molecule is CC(=O)c1cc(CC=Cc2ccccc2)c2c(c1O)CCC(c1ccccc1)O2. The third kappa shape index (κ3) is 4.09. The van der Waals surface area contributed by atoms with E-state index in [1.807, 2.05) is 48.5 Å². The number of hydrogen-bond donors (Lipinski definition) is 1. The number of benzene rings is 3. The molecule has 1 N–H and O–H groups in total. The van der Waals surface area contributed by atoms with Crippen LogP contribution in [0.5, 0.6) is 11.5 Å². The molecule has 29 heavy (non-hydrogen) atoms. The Bertz CT molecular complexity index is 1040. The van der Waals surface area contributed by atoms with Gasteiger partial charge in [0.05, 0.1) is 5.56 Å². The number of phenols is 1. The Morgan fingerprint density at radius 1 is 1.10 bits per heavy atom. The lowest BCUT2D eigenvalue weighted by Gasteiger charge is -2.29. The minimum absolute atomic E-state index is 0.0527. The summed E-state index contributed by atoms with van der Waals surface area (Å²) >= 11 is 0. The molecule has 3 aromatic carbocycles. The van der Waals surface area contributed by atoms with Gasteiger partial charge in [0.2, 0.25) is 0 Å². The molecule has 1 heterocycles. The fourth-order valence-corrected chi connectivity index (χ4v) is 3.84. The van der Waals surface area contributed by atoms with E-state index in [1.165, 1.54) is 6.92 Å². The van der Waals surface area contributed by atoms with Gasteiger partial charge in [0.15, 0.2) is 5.78 Å². The molecule has 0 bridgehead atoms. The minimum Gasteiger partial charge on any atom is -0.507 e. The van der Waals surface area contributed by atoms with Crippen molar-refractivity contribution < 1.29 is 14.6 Å². The van der Waals surface area contributed by atoms with Crippen LogP contribution in [0.25, 0.3) is 6.08 Å². The highest BCUT2D eigenvalue weighted by Crippen LogP contribution is 2.43. The number of ketones is 1. The zero-order valence-corrected chi connectivity index (χ0v) is 16.5. The average Bonchev–Trinajstić information content (AvgIpc) is 2.76. The molecule has 3 heteroatoms. The summed E-state index contributed by atoms with van der Waals surface area (Å²) in [5.74, 6) is 0.642. The summed E-state index contributed by atoms with van der Waals surface area (Å²) in [6.45, 7) is 1.49. The topological polar surface area (TPSA) is 46.5 Å². The Labute approximate surface area is 171 Å². The normalized spacial score (nSPS) is 15.7. The van der Waals surface area contributed by atoms with Crippen LogP contribution in [0.3, 0.4) is 0 Å². The number of ether oxygens (including phenoxy) is 1. The second kappa shape index (κ2) is 8.36. The number of rotatable bonds is 5. The van der Waals surface area contributed by atoms with Gasteiger partial charge in [-0.1, -0.05) is 72.8 Å². The monoisotopic (exact) mass is 384 g/mol. The predicted molar refractivity (Wildman–Crippen MR) is 115 cm³/mol. The van der Waals surface area contributed by atoms with E-state index in [0.717, 1.165) is 28.7 Å². The molecule has 3 aromatic rings. The van der Waals surface area contributed by atoms with Crippen LogP contribution in [0.2, 0.25) is 0 Å². The maximum absolute atomic E-state index is 12.1. The Morgan fingerprint density at radius 3 is 2.48 bits per heavy atom. The first-order valence-corrected chi connectivity index (χ1v) is 9.95. The maximum Gasteiger partial charge on any atom is 0.163 e. The van der Waals surface area contributed by atoms with Crippen molar-refractivity contribution in [3.05, 3.63) is 101 Å². The number of Topliss-reactive ketones (excluding diaryl/α,β-unsaturated/α-hetero) is 1. The van der Waals surface area contributed by atoms with E-state index in [4.69, 9.17) is 4.74 Å². The van der Waals surface area contributed by atoms with Gasteiger partial charge in [-0.3, -0.25) is 4.79 Å². The lowest BCUT2D eigenvalue weighted by Crippen LogP contribution is -2.17. The highest BCUT2D eigenvalue weighted by atomic mass is 16.5. The molecule has 1 atom stereocenters. The van der Waals surface area contributed by atoms with E-state index in [0.29, 0.717) is 24.2 Å². The number of carbonyl (C=O) groups is 1. The lowest BCUT2D eigenvalue weighted by atomic mass is 9.91. The van der Waals surface area contributed by atoms with Crippen molar-refractivity contribution in [2.45, 2.75) is 32.3 Å². The second-order valence-corrected chi connectivity index (χ2v) is 7.37. The zero-order chi connectivity index (χ0) is 20.2. The summed E-state index contributed by atoms with van der Waals surface area (Å²) in [6.07, 6.45) is 6.15. The van der Waals surface area contributed by atoms with Crippen molar-refractivity contribution in [3.8, 4) is 11.5 Å². The number of aromatic hydroxyl groups is 1. The number of hydrogen-bond acceptors (Lipinski definition) is 3. The van der Waals surface area contributed by atoms with Crippen molar-refractivity contribution in [2.24, 2.45) is 0 Å². The molecule has 4 rings (SSSR count). The summed E-state index contributed by atoms with van der Waals surface area (Å²) in [7, 11) is 0. The molecule has 1 unspecified atom stereocenters. The Balaban J connectivity index is 1.69. The Hall–Kier alpha value is -3.33. The van der Waals surface area contributed by atoms with Crippen LogP contribution in [0, 0.1) is 0 Å². The van der Waals surface area contributed by atoms with Crippen LogP contribution in [0.4, 0.5) is 0 Å². The van der Waals surface area contributed by atoms with Gasteiger partial charge in [-0.25, -0.2) is 0 Å². The number of allylic oxidation sites excluding steroid dienone is 1. The molecule has 0 spiro atoms. The van der Waals surface area contributed by atoms with E-state index >= 15 is 0 Å². The minimum atomic E-state index is -0.135. The van der Waals surface area contributed by atoms with Crippen LogP contribution >= 0.6 is 0 Å². The van der Waals surface area contributed by atoms with Crippen molar-refractivity contribution in [2.75, 3.05) is 0 Å². The van der Waals surface area contributed by atoms with Gasteiger partial charge in [0.1, 0.15) is 17.6 Å². The second-order valence-electron chi connectivity index (χ2n) is 7.37. The fraction of sp³-hybridized carbons (Fsp3) is 0.192. The highest BCUT2D eigenvalue weighted by Gasteiger charge is 2.28. The summed E-state index contributed by atoms with van der Waals surface area (Å²) in [5, 5.41) is 10.7. The summed E-state index contributed by atoms with van der Waals surface area (Å²) in [5.41, 5.74) is 4.28. The largest absolute Gasteiger partial charge is 0.507 e. The molecule has 0 aromatic heterocycles. The Morgan fingerprint density at radius 2 is 1.79 bits per heavy atom. The maximum atomic E-state index is 12.1. The molecule has 0 amide bonds. The van der Waals surface area contributed by atoms with Crippen LogP contribution in [0.1, 0.15) is 52.1 Å². The van der Waals surface area contributed by atoms with Crippen molar-refractivity contribution in [3.63, 3.8) is 0 Å². The average molecular weight is 384 g/mol. The number of carbonyl (C=O) groups excluding carboxylic acids is 1. The molecular weight excluding hydrogens is 360 g/mol. The van der Waals surface area contributed by atoms with E-state index < -0.39 is 0 Å². The lowest BCUT2D eigenvalue weighted by molar-refractivity contribution is 0.101. The quantitative estimate of drug-likeness (QED) is 0.556. The molecule has 1 aliphatic rings. The first-order valence-electron chi connectivity index (χ1n) is 9.95. The van der Waals surface area contributed by atoms with E-state index in [1.54, 1.807) is 6.07 Å². The molecule has 0 saturated heterocycles. The zero-order valence-electron chi connectivity index (χ0n) is 16.5. The van der Waals surface area contributed by atoms with Gasteiger partial charge in [0.25, 0.3) is 0 Å². The first-order chi connectivity index (χ1) is 14.1. The van der Waals surface area contributed by atoms with Crippen LogP contribution < -0.4 is 4.74 Å². The van der Waals surface area contributed by atoms with Crippen molar-refractivity contribution >= 4 is 11.9 Å². The van der Waals surface area contributed by atoms with Gasteiger partial charge in [-0.15, -0.1) is 0 Å². The van der Waals surface area contributed by atoms with Crippen LogP contribution in [-0.4, -0.2) is 10.9 Å². The first kappa shape index (κ1) is 19.0. The summed E-state index contributed by atoms with van der Waals surface area (Å²) < 4.78 is 6.36. The van der Waals surface area contributed by atoms with Gasteiger partial charge in [-0.05, 0) is 48.9 Å². The highest BCUT2D eigenvalue weighted by molar-refractivity contribution is 5.98. The predicted octanol–water partition coefficient (Wildman–Crippen LogP) is 5.92. The molecule has 3 nitrogen and oxygen atoms in total. The standard InChI is InChI=1S/C26H24O3/c1-18(27)23-17-21(14-8-11-19-9-4-2-5-10-19)26-22(25(23)28)15-16-24(29-26)20-12-6-3-7-13-20/h2-13,17,24,28H,14-16H2,1H3. The summed E-state index contributed by atoms with van der Waals surface area (Å²) in [4.78, 5) is 12.1. The van der Waals surface area contributed by atoms with Crippen LogP contribution in [0.15, 0.2) is 72.8 Å². The van der Waals surface area contributed by atoms with Gasteiger partial charge < -0.3 is 9.84 Å². The Kier molecular flexibility index (Phi) is 5.48. The summed E-state index contributed by atoms with van der Waals surface area (Å²) in [6, 6.07) is 22.0. The molecule has 0 saturated carbocycles. The van der Waals surface area contributed by atoms with E-state index in [9.17, 15) is 9.90 Å². The van der Waals surface area contributed by atoms with Crippen molar-refractivity contribution in [1.82, 2.24) is 0 Å². The number of fused-ring (bicyclic) bond motifs is 1.